The molecule has 0 amide bonds. The molecule has 0 aromatic carbocycles. The average Bonchev–Trinajstić information content (AvgIpc) is 2.55. The van der Waals surface area contributed by atoms with Gasteiger partial charge < -0.3 is 15.4 Å². The van der Waals surface area contributed by atoms with Gasteiger partial charge in [-0.1, -0.05) is 27.2 Å². The zero-order valence-electron chi connectivity index (χ0n) is 16.1. The Kier molecular flexibility index (Phi) is 15.1. The van der Waals surface area contributed by atoms with Crippen LogP contribution in [-0.4, -0.2) is 62.8 Å². The molecule has 1 fully saturated rings. The van der Waals surface area contributed by atoms with Gasteiger partial charge in [0.2, 0.25) is 0 Å². The minimum atomic E-state index is 0. The largest absolute Gasteiger partial charge is 0.381 e. The second-order valence-corrected chi connectivity index (χ2v) is 6.75. The number of ether oxygens (including phenoxy) is 1. The van der Waals surface area contributed by atoms with Crippen LogP contribution in [0.1, 0.15) is 53.4 Å². The third kappa shape index (κ3) is 10.7. The van der Waals surface area contributed by atoms with Gasteiger partial charge in [0, 0.05) is 32.3 Å². The number of hydrogen-bond acceptors (Lipinski definition) is 3. The smallest absolute Gasteiger partial charge is 0.191 e. The number of rotatable bonds is 10. The van der Waals surface area contributed by atoms with E-state index in [0.29, 0.717) is 12.0 Å². The molecule has 0 bridgehead atoms. The van der Waals surface area contributed by atoms with Crippen LogP contribution in [0.2, 0.25) is 0 Å². The van der Waals surface area contributed by atoms with E-state index in [1.165, 1.54) is 25.8 Å². The van der Waals surface area contributed by atoms with Gasteiger partial charge in [0.05, 0.1) is 6.54 Å². The molecule has 144 valence electrons. The van der Waals surface area contributed by atoms with Crippen LogP contribution in [0.15, 0.2) is 4.99 Å². The van der Waals surface area contributed by atoms with Crippen LogP contribution >= 0.6 is 24.0 Å². The van der Waals surface area contributed by atoms with Crippen LogP contribution in [-0.2, 0) is 4.74 Å². The lowest BCUT2D eigenvalue weighted by Crippen LogP contribution is -2.43. The van der Waals surface area contributed by atoms with Gasteiger partial charge in [-0.05, 0) is 45.2 Å². The normalized spacial score (nSPS) is 19.2. The number of hydrogen-bond donors (Lipinski definition) is 2. The van der Waals surface area contributed by atoms with Crippen molar-refractivity contribution in [3.63, 3.8) is 0 Å². The van der Waals surface area contributed by atoms with Crippen LogP contribution in [0.25, 0.3) is 0 Å². The van der Waals surface area contributed by atoms with E-state index >= 15 is 0 Å². The fraction of sp³-hybridized carbons (Fsp3) is 0.944. The second kappa shape index (κ2) is 15.2. The van der Waals surface area contributed by atoms with E-state index in [9.17, 15) is 0 Å². The summed E-state index contributed by atoms with van der Waals surface area (Å²) in [5.41, 5.74) is 0. The molecule has 0 aliphatic carbocycles. The van der Waals surface area contributed by atoms with Crippen molar-refractivity contribution in [3.05, 3.63) is 0 Å². The summed E-state index contributed by atoms with van der Waals surface area (Å²) in [6.07, 6.45) is 4.97. The molecule has 1 heterocycles. The number of piperidine rings is 1. The first-order valence-electron chi connectivity index (χ1n) is 9.51. The molecule has 0 saturated carbocycles. The Morgan fingerprint density at radius 1 is 1.25 bits per heavy atom. The maximum absolute atomic E-state index is 5.61. The van der Waals surface area contributed by atoms with E-state index in [1.807, 2.05) is 0 Å². The number of likely N-dealkylation sites (N-methyl/N-ethyl adjacent to an activating group) is 1. The van der Waals surface area contributed by atoms with Gasteiger partial charge >= 0.3 is 0 Å². The third-order valence-electron chi connectivity index (χ3n) is 4.17. The molecule has 6 heteroatoms. The van der Waals surface area contributed by atoms with Gasteiger partial charge in [-0.3, -0.25) is 9.89 Å². The highest BCUT2D eigenvalue weighted by molar-refractivity contribution is 14.0. The van der Waals surface area contributed by atoms with Gasteiger partial charge in [0.15, 0.2) is 5.96 Å². The molecular formula is C18H39IN4O. The molecule has 2 N–H and O–H groups in total. The molecule has 0 aromatic rings. The van der Waals surface area contributed by atoms with Gasteiger partial charge in [-0.15, -0.1) is 24.0 Å². The Balaban J connectivity index is 0.00000529. The lowest BCUT2D eigenvalue weighted by molar-refractivity contribution is 0.108. The van der Waals surface area contributed by atoms with Gasteiger partial charge in [0.1, 0.15) is 0 Å². The minimum absolute atomic E-state index is 0. The van der Waals surface area contributed by atoms with Crippen molar-refractivity contribution in [2.45, 2.75) is 59.4 Å². The Hall–Kier alpha value is -0.0800. The van der Waals surface area contributed by atoms with Crippen LogP contribution in [0.4, 0.5) is 0 Å². The number of halogens is 1. The van der Waals surface area contributed by atoms with Crippen molar-refractivity contribution in [2.24, 2.45) is 10.9 Å². The zero-order valence-corrected chi connectivity index (χ0v) is 18.5. The zero-order chi connectivity index (χ0) is 16.9. The summed E-state index contributed by atoms with van der Waals surface area (Å²) >= 11 is 0. The molecule has 1 aliphatic heterocycles. The molecule has 1 unspecified atom stereocenters. The van der Waals surface area contributed by atoms with Crippen molar-refractivity contribution < 1.29 is 4.74 Å². The summed E-state index contributed by atoms with van der Waals surface area (Å²) in [6.45, 7) is 15.5. The predicted octanol–water partition coefficient (Wildman–Crippen LogP) is 3.10. The molecule has 0 aromatic heterocycles. The summed E-state index contributed by atoms with van der Waals surface area (Å²) in [6, 6.07) is 0.610. The highest BCUT2D eigenvalue weighted by Crippen LogP contribution is 2.16. The van der Waals surface area contributed by atoms with Crippen molar-refractivity contribution in [3.8, 4) is 0 Å². The maximum atomic E-state index is 5.61. The van der Waals surface area contributed by atoms with Crippen molar-refractivity contribution in [1.29, 1.82) is 0 Å². The third-order valence-corrected chi connectivity index (χ3v) is 4.17. The van der Waals surface area contributed by atoms with Crippen LogP contribution in [0.3, 0.4) is 0 Å². The van der Waals surface area contributed by atoms with Gasteiger partial charge in [0.25, 0.3) is 0 Å². The highest BCUT2D eigenvalue weighted by atomic mass is 127. The number of nitrogens with one attached hydrogen (secondary N) is 2. The lowest BCUT2D eigenvalue weighted by Gasteiger charge is -2.33. The first kappa shape index (κ1) is 23.9. The van der Waals surface area contributed by atoms with Crippen molar-refractivity contribution in [2.75, 3.05) is 45.9 Å². The molecule has 5 nitrogen and oxygen atoms in total. The lowest BCUT2D eigenvalue weighted by atomic mass is 10.0. The number of nitrogens with zero attached hydrogens (tertiary/aromatic N) is 2. The fourth-order valence-electron chi connectivity index (χ4n) is 2.92. The summed E-state index contributed by atoms with van der Waals surface area (Å²) in [5.74, 6) is 1.55. The van der Waals surface area contributed by atoms with Crippen molar-refractivity contribution >= 4 is 29.9 Å². The molecule has 1 rings (SSSR count). The van der Waals surface area contributed by atoms with E-state index in [2.05, 4.69) is 43.2 Å². The monoisotopic (exact) mass is 454 g/mol. The molecule has 24 heavy (non-hydrogen) atoms. The van der Waals surface area contributed by atoms with Crippen LogP contribution in [0.5, 0.6) is 0 Å². The Morgan fingerprint density at radius 3 is 2.71 bits per heavy atom. The molecule has 0 spiro atoms. The second-order valence-electron chi connectivity index (χ2n) is 6.75. The molecule has 1 saturated heterocycles. The van der Waals surface area contributed by atoms with Gasteiger partial charge in [-0.2, -0.15) is 0 Å². The molecular weight excluding hydrogens is 415 g/mol. The van der Waals surface area contributed by atoms with Crippen LogP contribution < -0.4 is 10.6 Å². The summed E-state index contributed by atoms with van der Waals surface area (Å²) in [5, 5.41) is 6.77. The Bertz CT molecular complexity index is 326. The topological polar surface area (TPSA) is 48.9 Å². The summed E-state index contributed by atoms with van der Waals surface area (Å²) in [7, 11) is 0. The first-order valence-corrected chi connectivity index (χ1v) is 9.51. The average molecular weight is 454 g/mol. The number of guanidine groups is 1. The molecule has 0 radical (unpaired) electrons. The van der Waals surface area contributed by atoms with E-state index in [1.54, 1.807) is 0 Å². The predicted molar refractivity (Wildman–Crippen MR) is 115 cm³/mol. The molecule has 1 aliphatic rings. The standard InChI is InChI=1S/C18H38N4O.HI/c1-5-19-18(20-11-9-13-23-15-16(3)4)21-14-17-10-7-8-12-22(17)6-2;/h16-17H,5-15H2,1-4H3,(H2,19,20,21);1H. The Morgan fingerprint density at radius 2 is 2.04 bits per heavy atom. The first-order chi connectivity index (χ1) is 11.2. The fourth-order valence-corrected chi connectivity index (χ4v) is 2.92. The van der Waals surface area contributed by atoms with Crippen LogP contribution in [0, 0.1) is 5.92 Å². The molecule has 1 atom stereocenters. The maximum Gasteiger partial charge on any atom is 0.191 e. The van der Waals surface area contributed by atoms with E-state index in [-0.39, 0.29) is 24.0 Å². The SMILES string of the molecule is CCNC(=NCC1CCCCN1CC)NCCCOCC(C)C.I. The van der Waals surface area contributed by atoms with Crippen molar-refractivity contribution in [1.82, 2.24) is 15.5 Å². The van der Waals surface area contributed by atoms with E-state index < -0.39 is 0 Å². The van der Waals surface area contributed by atoms with E-state index in [0.717, 1.165) is 51.8 Å². The number of likely N-dealkylation sites (tertiary alicyclic amines) is 1. The quantitative estimate of drug-likeness (QED) is 0.231. The highest BCUT2D eigenvalue weighted by Gasteiger charge is 2.20. The minimum Gasteiger partial charge on any atom is -0.381 e. The number of aliphatic imine (C=N–C) groups is 1. The van der Waals surface area contributed by atoms with Gasteiger partial charge in [-0.25, -0.2) is 0 Å². The Labute approximate surface area is 166 Å². The van der Waals surface area contributed by atoms with E-state index in [4.69, 9.17) is 9.73 Å². The summed E-state index contributed by atoms with van der Waals surface area (Å²) < 4.78 is 5.61. The summed E-state index contributed by atoms with van der Waals surface area (Å²) in [4.78, 5) is 7.36.